The molecule has 0 fully saturated rings. The van der Waals surface area contributed by atoms with Gasteiger partial charge in [-0.05, 0) is 49.0 Å². The molecule has 0 bridgehead atoms. The number of ether oxygens (including phenoxy) is 3. The molecule has 160 valence electrons. The van der Waals surface area contributed by atoms with E-state index in [1.165, 1.54) is 0 Å². The summed E-state index contributed by atoms with van der Waals surface area (Å²) >= 11 is 0. The number of anilines is 1. The first-order valence-corrected chi connectivity index (χ1v) is 9.21. The van der Waals surface area contributed by atoms with Crippen LogP contribution in [0.5, 0.6) is 11.5 Å². The third-order valence-corrected chi connectivity index (χ3v) is 4.11. The van der Waals surface area contributed by atoms with E-state index >= 15 is 0 Å². The lowest BCUT2D eigenvalue weighted by molar-refractivity contribution is 0.150. The largest absolute Gasteiger partial charge is 0.497 e. The maximum Gasteiger partial charge on any atom is 0.193 e. The Kier molecular flexibility index (Phi) is 12.1. The summed E-state index contributed by atoms with van der Waals surface area (Å²) in [6, 6.07) is 15.4. The molecule has 0 atom stereocenters. The van der Waals surface area contributed by atoms with Crippen LogP contribution in [0.3, 0.4) is 0 Å². The molecule has 2 rings (SSSR count). The lowest BCUT2D eigenvalue weighted by Crippen LogP contribution is -2.27. The molecular weight excluding hydrogens is 483 g/mol. The smallest absolute Gasteiger partial charge is 0.193 e. The number of rotatable bonds is 11. The number of hydrogen-bond donors (Lipinski definition) is 2. The van der Waals surface area contributed by atoms with Gasteiger partial charge in [0, 0.05) is 25.9 Å². The van der Waals surface area contributed by atoms with Crippen LogP contribution in [0.2, 0.25) is 0 Å². The summed E-state index contributed by atoms with van der Waals surface area (Å²) in [7, 11) is 5.39. The Hall–Kier alpha value is -2.04. The summed E-state index contributed by atoms with van der Waals surface area (Å²) in [6.07, 6.45) is 0. The second-order valence-electron chi connectivity index (χ2n) is 6.35. The van der Waals surface area contributed by atoms with E-state index in [2.05, 4.69) is 15.2 Å². The van der Waals surface area contributed by atoms with Crippen molar-refractivity contribution in [1.29, 1.82) is 0 Å². The van der Waals surface area contributed by atoms with E-state index in [1.807, 2.05) is 55.6 Å². The highest BCUT2D eigenvalue weighted by Gasteiger charge is 2.01. The minimum Gasteiger partial charge on any atom is -0.497 e. The van der Waals surface area contributed by atoms with Gasteiger partial charge >= 0.3 is 0 Å². The van der Waals surface area contributed by atoms with Crippen molar-refractivity contribution in [3.8, 4) is 11.5 Å². The van der Waals surface area contributed by atoms with E-state index in [0.717, 1.165) is 42.4 Å². The fourth-order valence-corrected chi connectivity index (χ4v) is 2.45. The van der Waals surface area contributed by atoms with Crippen LogP contribution in [0.25, 0.3) is 0 Å². The zero-order valence-corrected chi connectivity index (χ0v) is 19.6. The number of hydrogen-bond acceptors (Lipinski definition) is 5. The topological polar surface area (TPSA) is 81.3 Å². The molecular formula is C21H31IN4O3. The van der Waals surface area contributed by atoms with Gasteiger partial charge in [-0.15, -0.1) is 24.0 Å². The van der Waals surface area contributed by atoms with E-state index < -0.39 is 0 Å². The van der Waals surface area contributed by atoms with Crippen molar-refractivity contribution in [3.63, 3.8) is 0 Å². The second kappa shape index (κ2) is 14.0. The van der Waals surface area contributed by atoms with E-state index in [-0.39, 0.29) is 24.0 Å². The molecule has 7 nitrogen and oxygen atoms in total. The zero-order valence-electron chi connectivity index (χ0n) is 17.3. The molecule has 2 aromatic carbocycles. The van der Waals surface area contributed by atoms with Crippen LogP contribution in [0.1, 0.15) is 5.56 Å². The fourth-order valence-electron chi connectivity index (χ4n) is 2.45. The van der Waals surface area contributed by atoms with Crippen molar-refractivity contribution in [2.45, 2.75) is 6.54 Å². The highest BCUT2D eigenvalue weighted by molar-refractivity contribution is 14.0. The molecule has 0 saturated heterocycles. The molecule has 0 aliphatic heterocycles. The number of halogens is 1. The molecule has 0 spiro atoms. The Morgan fingerprint density at radius 3 is 2.45 bits per heavy atom. The Bertz CT molecular complexity index is 741. The Balaban J connectivity index is 0.00000420. The summed E-state index contributed by atoms with van der Waals surface area (Å²) < 4.78 is 16.0. The summed E-state index contributed by atoms with van der Waals surface area (Å²) in [5.41, 5.74) is 7.87. The molecule has 0 aliphatic carbocycles. The van der Waals surface area contributed by atoms with Crippen LogP contribution < -0.4 is 20.5 Å². The average molecular weight is 514 g/mol. The summed E-state index contributed by atoms with van der Waals surface area (Å²) in [4.78, 5) is 6.56. The van der Waals surface area contributed by atoms with Crippen molar-refractivity contribution in [1.82, 2.24) is 4.90 Å². The number of methoxy groups -OCH3 is 2. The molecule has 0 amide bonds. The van der Waals surface area contributed by atoms with Crippen molar-refractivity contribution >= 4 is 35.6 Å². The Morgan fingerprint density at radius 2 is 1.76 bits per heavy atom. The first kappa shape index (κ1) is 25.0. The first-order valence-electron chi connectivity index (χ1n) is 9.21. The molecule has 0 aromatic heterocycles. The number of nitrogens with two attached hydrogens (primary N) is 1. The molecule has 0 aliphatic rings. The molecule has 0 unspecified atom stereocenters. The van der Waals surface area contributed by atoms with Crippen molar-refractivity contribution < 1.29 is 14.2 Å². The van der Waals surface area contributed by atoms with E-state index in [1.54, 1.807) is 14.2 Å². The number of guanidine groups is 1. The van der Waals surface area contributed by atoms with Crippen LogP contribution in [-0.2, 0) is 11.3 Å². The van der Waals surface area contributed by atoms with Crippen LogP contribution in [0.15, 0.2) is 53.5 Å². The Labute approximate surface area is 190 Å². The zero-order chi connectivity index (χ0) is 20.2. The minimum absolute atomic E-state index is 0. The van der Waals surface area contributed by atoms with Crippen molar-refractivity contribution in [2.75, 3.05) is 52.9 Å². The minimum atomic E-state index is 0. The number of nitrogens with zero attached hydrogens (tertiary/aromatic N) is 2. The van der Waals surface area contributed by atoms with Crippen LogP contribution in [0.4, 0.5) is 5.69 Å². The fraction of sp³-hybridized carbons (Fsp3) is 0.381. The number of benzene rings is 2. The highest BCUT2D eigenvalue weighted by atomic mass is 127. The van der Waals surface area contributed by atoms with E-state index in [0.29, 0.717) is 19.1 Å². The van der Waals surface area contributed by atoms with Gasteiger partial charge in [0.1, 0.15) is 18.1 Å². The van der Waals surface area contributed by atoms with Gasteiger partial charge in [0.2, 0.25) is 0 Å². The van der Waals surface area contributed by atoms with Gasteiger partial charge in [-0.1, -0.05) is 12.1 Å². The van der Waals surface area contributed by atoms with Crippen LogP contribution >= 0.6 is 24.0 Å². The van der Waals surface area contributed by atoms with Gasteiger partial charge in [0.15, 0.2) is 5.96 Å². The number of likely N-dealkylation sites (N-methyl/N-ethyl adjacent to an activating group) is 1. The third kappa shape index (κ3) is 9.82. The molecule has 2 aromatic rings. The maximum absolute atomic E-state index is 5.98. The molecule has 0 saturated carbocycles. The van der Waals surface area contributed by atoms with Gasteiger partial charge in [0.25, 0.3) is 0 Å². The molecule has 0 heterocycles. The first-order chi connectivity index (χ1) is 13.6. The van der Waals surface area contributed by atoms with Gasteiger partial charge in [0.05, 0.1) is 20.3 Å². The summed E-state index contributed by atoms with van der Waals surface area (Å²) in [5, 5.41) is 3.07. The normalized spacial score (nSPS) is 11.1. The molecule has 29 heavy (non-hydrogen) atoms. The SMILES string of the molecule is COCCN(C)CCOc1cccc(CN=C(N)Nc2ccc(OC)cc2)c1.I. The van der Waals surface area contributed by atoms with Crippen molar-refractivity contribution in [2.24, 2.45) is 10.7 Å². The second-order valence-corrected chi connectivity index (χ2v) is 6.35. The predicted molar refractivity (Wildman–Crippen MR) is 129 cm³/mol. The van der Waals surface area contributed by atoms with Gasteiger partial charge in [-0.25, -0.2) is 4.99 Å². The lowest BCUT2D eigenvalue weighted by atomic mass is 10.2. The lowest BCUT2D eigenvalue weighted by Gasteiger charge is -2.16. The number of aliphatic imine (C=N–C) groups is 1. The van der Waals surface area contributed by atoms with Crippen molar-refractivity contribution in [3.05, 3.63) is 54.1 Å². The van der Waals surface area contributed by atoms with Gasteiger partial charge in [-0.2, -0.15) is 0 Å². The standard InChI is InChI=1S/C21H30N4O3.HI/c1-25(11-13-26-2)12-14-28-20-6-4-5-17(15-20)16-23-21(22)24-18-7-9-19(27-3)10-8-18;/h4-10,15H,11-14,16H2,1-3H3,(H3,22,23,24);1H. The van der Waals surface area contributed by atoms with E-state index in [4.69, 9.17) is 19.9 Å². The molecule has 0 radical (unpaired) electrons. The van der Waals surface area contributed by atoms with Crippen LogP contribution in [0, 0.1) is 0 Å². The van der Waals surface area contributed by atoms with Crippen LogP contribution in [-0.4, -0.2) is 58.4 Å². The maximum atomic E-state index is 5.98. The average Bonchev–Trinajstić information content (AvgIpc) is 2.71. The summed E-state index contributed by atoms with van der Waals surface area (Å²) in [6.45, 7) is 3.53. The van der Waals surface area contributed by atoms with E-state index in [9.17, 15) is 0 Å². The Morgan fingerprint density at radius 1 is 1.03 bits per heavy atom. The monoisotopic (exact) mass is 514 g/mol. The molecule has 3 N–H and O–H groups in total. The quantitative estimate of drug-likeness (QED) is 0.273. The third-order valence-electron chi connectivity index (χ3n) is 4.11. The van der Waals surface area contributed by atoms with Gasteiger partial charge < -0.3 is 30.2 Å². The number of nitrogens with one attached hydrogen (secondary N) is 1. The summed E-state index contributed by atoms with van der Waals surface area (Å²) in [5.74, 6) is 1.98. The predicted octanol–water partition coefficient (Wildman–Crippen LogP) is 3.20. The van der Waals surface area contributed by atoms with Gasteiger partial charge in [-0.3, -0.25) is 0 Å². The molecule has 8 heteroatoms. The highest BCUT2D eigenvalue weighted by Crippen LogP contribution is 2.16.